The van der Waals surface area contributed by atoms with Crippen molar-refractivity contribution in [2.24, 2.45) is 0 Å². The first-order valence-corrected chi connectivity index (χ1v) is 5.64. The molecule has 1 N–H and O–H groups in total. The first-order chi connectivity index (χ1) is 6.36. The van der Waals surface area contributed by atoms with Gasteiger partial charge in [0.2, 0.25) is 0 Å². The molecule has 2 nitrogen and oxygen atoms in total. The average molecular weight is 210 g/mol. The van der Waals surface area contributed by atoms with Gasteiger partial charge in [-0.25, -0.2) is 0 Å². The zero-order valence-electron chi connectivity index (χ0n) is 6.71. The Kier molecular flexibility index (Phi) is 2.68. The molecule has 13 heavy (non-hydrogen) atoms. The van der Waals surface area contributed by atoms with Crippen LogP contribution in [0.15, 0.2) is 33.7 Å². The van der Waals surface area contributed by atoms with E-state index >= 15 is 0 Å². The molecular formula is C8H7BO2S2. The summed E-state index contributed by atoms with van der Waals surface area (Å²) in [5.41, 5.74) is 0.802. The Balaban J connectivity index is 2.04. The Bertz CT molecular complexity index is 344. The summed E-state index contributed by atoms with van der Waals surface area (Å²) in [7, 11) is -0.846. The average Bonchev–Trinajstić information content (AvgIpc) is 2.74. The van der Waals surface area contributed by atoms with E-state index in [0.717, 1.165) is 5.46 Å². The quantitative estimate of drug-likeness (QED) is 0.779. The first kappa shape index (κ1) is 8.81. The number of hydrogen-bond acceptors (Lipinski definition) is 4. The van der Waals surface area contributed by atoms with Gasteiger partial charge in [0.1, 0.15) is 5.75 Å². The Labute approximate surface area is 84.6 Å². The molecule has 0 saturated heterocycles. The van der Waals surface area contributed by atoms with Gasteiger partial charge in [-0.05, 0) is 22.2 Å². The smallest absolute Gasteiger partial charge is 0.532 e. The highest BCUT2D eigenvalue weighted by Gasteiger charge is 2.18. The minimum atomic E-state index is -0.846. The van der Waals surface area contributed by atoms with Gasteiger partial charge in [0, 0.05) is 10.8 Å². The second-order valence-electron chi connectivity index (χ2n) is 2.49. The maximum Gasteiger partial charge on any atom is 0.560 e. The molecule has 0 saturated carbocycles. The molecule has 2 aromatic heterocycles. The van der Waals surface area contributed by atoms with Crippen molar-refractivity contribution >= 4 is 35.3 Å². The largest absolute Gasteiger partial charge is 0.560 e. The van der Waals surface area contributed by atoms with Gasteiger partial charge in [0.25, 0.3) is 0 Å². The fraction of sp³-hybridized carbons (Fsp3) is 0. The molecule has 0 aliphatic rings. The lowest BCUT2D eigenvalue weighted by Crippen LogP contribution is -2.35. The summed E-state index contributed by atoms with van der Waals surface area (Å²) in [5, 5.41) is 17.1. The molecule has 66 valence electrons. The minimum absolute atomic E-state index is 0.712. The first-order valence-electron chi connectivity index (χ1n) is 3.75. The van der Waals surface area contributed by atoms with E-state index in [1.165, 1.54) is 0 Å². The molecule has 0 amide bonds. The Hall–Kier alpha value is -0.775. The van der Waals surface area contributed by atoms with Crippen LogP contribution in [-0.2, 0) is 0 Å². The van der Waals surface area contributed by atoms with Gasteiger partial charge < -0.3 is 9.68 Å². The van der Waals surface area contributed by atoms with Crippen molar-refractivity contribution < 1.29 is 9.68 Å². The third kappa shape index (κ3) is 2.12. The van der Waals surface area contributed by atoms with E-state index in [1.54, 1.807) is 22.7 Å². The highest BCUT2D eigenvalue weighted by atomic mass is 32.1. The summed E-state index contributed by atoms with van der Waals surface area (Å²) in [5.74, 6) is 0.712. The second kappa shape index (κ2) is 3.96. The summed E-state index contributed by atoms with van der Waals surface area (Å²) in [4.78, 5) is 0. The van der Waals surface area contributed by atoms with E-state index < -0.39 is 7.12 Å². The van der Waals surface area contributed by atoms with Crippen molar-refractivity contribution in [2.45, 2.75) is 0 Å². The van der Waals surface area contributed by atoms with E-state index in [-0.39, 0.29) is 0 Å². The van der Waals surface area contributed by atoms with Crippen molar-refractivity contribution in [3.63, 3.8) is 0 Å². The zero-order valence-corrected chi connectivity index (χ0v) is 8.35. The highest BCUT2D eigenvalue weighted by Crippen LogP contribution is 2.15. The topological polar surface area (TPSA) is 29.5 Å². The maximum atomic E-state index is 9.57. The van der Waals surface area contributed by atoms with Crippen molar-refractivity contribution in [1.29, 1.82) is 0 Å². The third-order valence-electron chi connectivity index (χ3n) is 1.57. The molecule has 0 radical (unpaired) electrons. The fourth-order valence-electron chi connectivity index (χ4n) is 0.931. The predicted octanol–water partition coefficient (Wildman–Crippen LogP) is 1.58. The zero-order chi connectivity index (χ0) is 9.10. The fourth-order valence-corrected chi connectivity index (χ4v) is 2.16. The third-order valence-corrected chi connectivity index (χ3v) is 2.93. The molecule has 0 aliphatic heterocycles. The van der Waals surface area contributed by atoms with Crippen LogP contribution in [0.5, 0.6) is 5.75 Å². The molecule has 0 spiro atoms. The van der Waals surface area contributed by atoms with Crippen LogP contribution >= 0.6 is 22.7 Å². The SMILES string of the molecule is OB(Oc1ccsc1)c1ccsc1. The van der Waals surface area contributed by atoms with Crippen LogP contribution in [0.4, 0.5) is 0 Å². The minimum Gasteiger partial charge on any atom is -0.532 e. The Morgan fingerprint density at radius 1 is 1.15 bits per heavy atom. The van der Waals surface area contributed by atoms with Crippen LogP contribution in [0.1, 0.15) is 0 Å². The molecule has 0 bridgehead atoms. The van der Waals surface area contributed by atoms with Gasteiger partial charge in [-0.2, -0.15) is 11.3 Å². The van der Waals surface area contributed by atoms with E-state index in [1.807, 2.05) is 33.7 Å². The van der Waals surface area contributed by atoms with Crippen molar-refractivity contribution in [2.75, 3.05) is 0 Å². The maximum absolute atomic E-state index is 9.57. The Morgan fingerprint density at radius 3 is 2.54 bits per heavy atom. The molecule has 0 aromatic carbocycles. The van der Waals surface area contributed by atoms with Crippen LogP contribution in [-0.4, -0.2) is 12.1 Å². The molecular weight excluding hydrogens is 203 g/mol. The van der Waals surface area contributed by atoms with Crippen LogP contribution in [0.25, 0.3) is 0 Å². The summed E-state index contributed by atoms with van der Waals surface area (Å²) in [6.45, 7) is 0. The van der Waals surface area contributed by atoms with Gasteiger partial charge in [0.05, 0.1) is 0 Å². The standard InChI is InChI=1S/C8H7BO2S2/c10-9(7-1-3-12-5-7)11-8-2-4-13-6-8/h1-6,10H. The number of rotatable bonds is 3. The summed E-state index contributed by atoms with van der Waals surface area (Å²) >= 11 is 3.09. The summed E-state index contributed by atoms with van der Waals surface area (Å²) < 4.78 is 5.27. The van der Waals surface area contributed by atoms with Crippen molar-refractivity contribution in [3.05, 3.63) is 33.7 Å². The van der Waals surface area contributed by atoms with Crippen molar-refractivity contribution in [1.82, 2.24) is 0 Å². The van der Waals surface area contributed by atoms with Crippen molar-refractivity contribution in [3.8, 4) is 5.75 Å². The molecule has 0 aliphatic carbocycles. The molecule has 0 unspecified atom stereocenters. The molecule has 2 heterocycles. The van der Waals surface area contributed by atoms with Crippen LogP contribution in [0.2, 0.25) is 0 Å². The lowest BCUT2D eigenvalue weighted by molar-refractivity contribution is 0.434. The van der Waals surface area contributed by atoms with E-state index in [9.17, 15) is 5.02 Å². The highest BCUT2D eigenvalue weighted by molar-refractivity contribution is 7.09. The molecule has 0 atom stereocenters. The molecule has 2 aromatic rings. The van der Waals surface area contributed by atoms with Crippen LogP contribution < -0.4 is 10.1 Å². The lowest BCUT2D eigenvalue weighted by atomic mass is 9.82. The number of thiophene rings is 2. The van der Waals surface area contributed by atoms with Gasteiger partial charge in [-0.15, -0.1) is 11.3 Å². The predicted molar refractivity (Wildman–Crippen MR) is 56.9 cm³/mol. The van der Waals surface area contributed by atoms with Gasteiger partial charge in [-0.1, -0.05) is 6.07 Å². The lowest BCUT2D eigenvalue weighted by Gasteiger charge is -2.05. The van der Waals surface area contributed by atoms with Crippen LogP contribution in [0.3, 0.4) is 0 Å². The van der Waals surface area contributed by atoms with E-state index in [0.29, 0.717) is 5.75 Å². The second-order valence-corrected chi connectivity index (χ2v) is 4.05. The van der Waals surface area contributed by atoms with Crippen LogP contribution in [0, 0.1) is 0 Å². The molecule has 0 fully saturated rings. The molecule has 2 rings (SSSR count). The Morgan fingerprint density at radius 2 is 1.92 bits per heavy atom. The van der Waals surface area contributed by atoms with Gasteiger partial charge in [0.15, 0.2) is 0 Å². The summed E-state index contributed by atoms with van der Waals surface area (Å²) in [6.07, 6.45) is 0. The number of hydrogen-bond donors (Lipinski definition) is 1. The van der Waals surface area contributed by atoms with E-state index in [2.05, 4.69) is 0 Å². The molecule has 5 heteroatoms. The van der Waals surface area contributed by atoms with Gasteiger partial charge in [-0.3, -0.25) is 0 Å². The normalized spacial score (nSPS) is 9.92. The van der Waals surface area contributed by atoms with Gasteiger partial charge >= 0.3 is 7.12 Å². The summed E-state index contributed by atoms with van der Waals surface area (Å²) in [6, 6.07) is 3.68. The monoisotopic (exact) mass is 210 g/mol. The van der Waals surface area contributed by atoms with E-state index in [4.69, 9.17) is 4.65 Å².